The highest BCUT2D eigenvalue weighted by Crippen LogP contribution is 2.19. The van der Waals surface area contributed by atoms with Crippen LogP contribution >= 0.6 is 0 Å². The largest absolute Gasteiger partial charge is 0.308 e. The van der Waals surface area contributed by atoms with Gasteiger partial charge in [0.2, 0.25) is 0 Å². The molecule has 1 N–H and O–H groups in total. The van der Waals surface area contributed by atoms with Gasteiger partial charge in [-0.1, -0.05) is 44.2 Å². The second kappa shape index (κ2) is 5.80. The smallest absolute Gasteiger partial charge is 0.152 e. The molecule has 0 radical (unpaired) electrons. The van der Waals surface area contributed by atoms with E-state index in [9.17, 15) is 4.79 Å². The van der Waals surface area contributed by atoms with Crippen LogP contribution in [0.5, 0.6) is 0 Å². The first-order valence-corrected chi connectivity index (χ1v) is 5.94. The van der Waals surface area contributed by atoms with Crippen molar-refractivity contribution in [2.75, 3.05) is 7.05 Å². The Morgan fingerprint density at radius 3 is 2.31 bits per heavy atom. The summed E-state index contributed by atoms with van der Waals surface area (Å²) in [5.74, 6) is 0.293. The van der Waals surface area contributed by atoms with Gasteiger partial charge in [-0.15, -0.1) is 0 Å². The third-order valence-electron chi connectivity index (χ3n) is 3.29. The summed E-state index contributed by atoms with van der Waals surface area (Å²) in [4.78, 5) is 12.0. The number of Topliss-reactive ketones (excluding diaryl/α,β-unsaturated/α-hetero) is 1. The summed E-state index contributed by atoms with van der Waals surface area (Å²) < 4.78 is 0. The number of hydrogen-bond acceptors (Lipinski definition) is 2. The lowest BCUT2D eigenvalue weighted by atomic mass is 9.83. The van der Waals surface area contributed by atoms with Crippen LogP contribution in [0.3, 0.4) is 0 Å². The van der Waals surface area contributed by atoms with Crippen LogP contribution in [0.15, 0.2) is 30.3 Å². The normalized spacial score (nSPS) is 14.4. The Morgan fingerprint density at radius 2 is 1.88 bits per heavy atom. The fourth-order valence-corrected chi connectivity index (χ4v) is 2.11. The summed E-state index contributed by atoms with van der Waals surface area (Å²) in [6.07, 6.45) is 2.18. The number of hydrogen-bond donors (Lipinski definition) is 1. The van der Waals surface area contributed by atoms with Crippen molar-refractivity contribution < 1.29 is 4.79 Å². The minimum absolute atomic E-state index is 0.293. The van der Waals surface area contributed by atoms with Crippen LogP contribution in [0.1, 0.15) is 32.3 Å². The SMILES string of the molecule is CCC(=O)[C@@](CC)(Cc1ccccc1)NC. The summed E-state index contributed by atoms with van der Waals surface area (Å²) in [7, 11) is 1.88. The van der Waals surface area contributed by atoms with Crippen LogP contribution in [-0.4, -0.2) is 18.4 Å². The van der Waals surface area contributed by atoms with Crippen molar-refractivity contribution in [3.63, 3.8) is 0 Å². The first-order chi connectivity index (χ1) is 7.68. The molecule has 0 aliphatic carbocycles. The number of ketones is 1. The highest BCUT2D eigenvalue weighted by molar-refractivity contribution is 5.88. The Balaban J connectivity index is 2.91. The number of carbonyl (C=O) groups is 1. The molecule has 0 unspecified atom stereocenters. The zero-order chi connectivity index (χ0) is 12.0. The van der Waals surface area contributed by atoms with Crippen molar-refractivity contribution in [3.05, 3.63) is 35.9 Å². The molecule has 0 bridgehead atoms. The van der Waals surface area contributed by atoms with Gasteiger partial charge in [0.05, 0.1) is 5.54 Å². The molecular formula is C14H21NO. The average Bonchev–Trinajstić information content (AvgIpc) is 2.36. The van der Waals surface area contributed by atoms with Crippen molar-refractivity contribution in [2.45, 2.75) is 38.6 Å². The minimum Gasteiger partial charge on any atom is -0.308 e. The second-order valence-electron chi connectivity index (χ2n) is 4.12. The molecule has 1 aromatic carbocycles. The second-order valence-corrected chi connectivity index (χ2v) is 4.12. The predicted molar refractivity (Wildman–Crippen MR) is 67.5 cm³/mol. The van der Waals surface area contributed by atoms with E-state index in [-0.39, 0.29) is 0 Å². The third kappa shape index (κ3) is 2.70. The van der Waals surface area contributed by atoms with E-state index in [2.05, 4.69) is 24.4 Å². The lowest BCUT2D eigenvalue weighted by molar-refractivity contribution is -0.125. The van der Waals surface area contributed by atoms with Gasteiger partial charge in [0.15, 0.2) is 5.78 Å². The Labute approximate surface area is 98.1 Å². The molecule has 0 spiro atoms. The summed E-state index contributed by atoms with van der Waals surface area (Å²) in [6.45, 7) is 3.99. The number of carbonyl (C=O) groups excluding carboxylic acids is 1. The van der Waals surface area contributed by atoms with Crippen molar-refractivity contribution in [1.82, 2.24) is 5.32 Å². The van der Waals surface area contributed by atoms with Crippen molar-refractivity contribution in [2.24, 2.45) is 0 Å². The number of benzene rings is 1. The maximum Gasteiger partial charge on any atom is 0.152 e. The van der Waals surface area contributed by atoms with Crippen LogP contribution in [0.2, 0.25) is 0 Å². The fourth-order valence-electron chi connectivity index (χ4n) is 2.11. The first kappa shape index (κ1) is 12.9. The Hall–Kier alpha value is -1.15. The molecular weight excluding hydrogens is 198 g/mol. The molecule has 0 aliphatic rings. The molecule has 1 atom stereocenters. The van der Waals surface area contributed by atoms with E-state index in [1.165, 1.54) is 5.56 Å². The third-order valence-corrected chi connectivity index (χ3v) is 3.29. The summed E-state index contributed by atoms with van der Waals surface area (Å²) in [5, 5.41) is 3.21. The topological polar surface area (TPSA) is 29.1 Å². The summed E-state index contributed by atoms with van der Waals surface area (Å²) in [5.41, 5.74) is 0.816. The summed E-state index contributed by atoms with van der Waals surface area (Å²) >= 11 is 0. The predicted octanol–water partition coefficient (Wildman–Crippen LogP) is 2.58. The molecule has 1 rings (SSSR count). The zero-order valence-electron chi connectivity index (χ0n) is 10.4. The van der Waals surface area contributed by atoms with E-state index in [4.69, 9.17) is 0 Å². The zero-order valence-corrected chi connectivity index (χ0v) is 10.4. The van der Waals surface area contributed by atoms with Crippen molar-refractivity contribution in [3.8, 4) is 0 Å². The quantitative estimate of drug-likeness (QED) is 0.796. The van der Waals surface area contributed by atoms with Gasteiger partial charge < -0.3 is 5.32 Å². The van der Waals surface area contributed by atoms with Crippen molar-refractivity contribution >= 4 is 5.78 Å². The van der Waals surface area contributed by atoms with Gasteiger partial charge in [0, 0.05) is 6.42 Å². The van der Waals surface area contributed by atoms with Crippen molar-refractivity contribution in [1.29, 1.82) is 0 Å². The molecule has 2 heteroatoms. The van der Waals surface area contributed by atoms with Crippen LogP contribution < -0.4 is 5.32 Å². The monoisotopic (exact) mass is 219 g/mol. The van der Waals surface area contributed by atoms with Gasteiger partial charge in [-0.05, 0) is 25.5 Å². The van der Waals surface area contributed by atoms with Crippen LogP contribution in [0.4, 0.5) is 0 Å². The Kier molecular flexibility index (Phi) is 4.69. The fraction of sp³-hybridized carbons (Fsp3) is 0.500. The highest BCUT2D eigenvalue weighted by Gasteiger charge is 2.33. The number of nitrogens with one attached hydrogen (secondary N) is 1. The Bertz CT molecular complexity index is 328. The molecule has 0 amide bonds. The van der Waals surface area contributed by atoms with Gasteiger partial charge in [0.25, 0.3) is 0 Å². The first-order valence-electron chi connectivity index (χ1n) is 5.94. The standard InChI is InChI=1S/C14H21NO/c1-4-13(16)14(5-2,15-3)11-12-9-7-6-8-10-12/h6-10,15H,4-5,11H2,1-3H3/t14-/m1/s1. The molecule has 0 saturated heterocycles. The molecule has 0 fully saturated rings. The molecule has 0 aliphatic heterocycles. The van der Waals surface area contributed by atoms with Crippen LogP contribution in [0.25, 0.3) is 0 Å². The van der Waals surface area contributed by atoms with Crippen LogP contribution in [-0.2, 0) is 11.2 Å². The van der Waals surface area contributed by atoms with E-state index < -0.39 is 5.54 Å². The van der Waals surface area contributed by atoms with Gasteiger partial charge in [-0.3, -0.25) is 4.79 Å². The lowest BCUT2D eigenvalue weighted by Gasteiger charge is -2.31. The summed E-state index contributed by atoms with van der Waals surface area (Å²) in [6, 6.07) is 10.2. The molecule has 16 heavy (non-hydrogen) atoms. The Morgan fingerprint density at radius 1 is 1.25 bits per heavy atom. The van der Waals surface area contributed by atoms with Gasteiger partial charge in [0.1, 0.15) is 0 Å². The maximum absolute atomic E-state index is 12.0. The van der Waals surface area contributed by atoms with E-state index in [0.717, 1.165) is 12.8 Å². The van der Waals surface area contributed by atoms with E-state index in [0.29, 0.717) is 12.2 Å². The molecule has 88 valence electrons. The van der Waals surface area contributed by atoms with Crippen LogP contribution in [0, 0.1) is 0 Å². The lowest BCUT2D eigenvalue weighted by Crippen LogP contribution is -2.51. The molecule has 0 heterocycles. The number of likely N-dealkylation sites (N-methyl/N-ethyl adjacent to an activating group) is 1. The highest BCUT2D eigenvalue weighted by atomic mass is 16.1. The minimum atomic E-state index is -0.393. The van der Waals surface area contributed by atoms with Gasteiger partial charge in [-0.2, -0.15) is 0 Å². The van der Waals surface area contributed by atoms with E-state index in [1.807, 2.05) is 32.2 Å². The molecule has 1 aromatic rings. The van der Waals surface area contributed by atoms with Gasteiger partial charge in [-0.25, -0.2) is 0 Å². The molecule has 2 nitrogen and oxygen atoms in total. The molecule has 0 saturated carbocycles. The van der Waals surface area contributed by atoms with Gasteiger partial charge >= 0.3 is 0 Å². The number of rotatable bonds is 6. The average molecular weight is 219 g/mol. The molecule has 0 aromatic heterocycles. The van der Waals surface area contributed by atoms with E-state index in [1.54, 1.807) is 0 Å². The maximum atomic E-state index is 12.0. The van der Waals surface area contributed by atoms with E-state index >= 15 is 0 Å².